The normalized spacial score (nSPS) is 12.9. The van der Waals surface area contributed by atoms with E-state index in [2.05, 4.69) is 20.5 Å². The summed E-state index contributed by atoms with van der Waals surface area (Å²) in [5, 5.41) is 19.9. The Morgan fingerprint density at radius 3 is 2.27 bits per heavy atom. The van der Waals surface area contributed by atoms with Crippen molar-refractivity contribution in [1.29, 1.82) is 0 Å². The highest BCUT2D eigenvalue weighted by Crippen LogP contribution is 2.24. The molecule has 3 N–H and O–H groups in total. The number of amides is 2. The molecule has 0 saturated carbocycles. The number of esters is 2. The van der Waals surface area contributed by atoms with Crippen LogP contribution in [-0.2, 0) is 30.2 Å². The first-order chi connectivity index (χ1) is 21.0. The van der Waals surface area contributed by atoms with E-state index >= 15 is 0 Å². The van der Waals surface area contributed by atoms with Crippen LogP contribution in [0.3, 0.4) is 0 Å². The van der Waals surface area contributed by atoms with E-state index in [4.69, 9.17) is 30.3 Å². The van der Waals surface area contributed by atoms with Gasteiger partial charge in [0, 0.05) is 17.5 Å². The van der Waals surface area contributed by atoms with Crippen molar-refractivity contribution in [2.45, 2.75) is 44.9 Å². The maximum absolute atomic E-state index is 12.9. The Hall–Kier alpha value is -4.62. The van der Waals surface area contributed by atoms with E-state index in [1.54, 1.807) is 19.9 Å². The van der Waals surface area contributed by atoms with Crippen molar-refractivity contribution in [1.82, 2.24) is 15.8 Å². The maximum atomic E-state index is 12.9. The van der Waals surface area contributed by atoms with E-state index in [9.17, 15) is 24.3 Å². The third-order valence-corrected chi connectivity index (χ3v) is 6.65. The van der Waals surface area contributed by atoms with Crippen LogP contribution in [0.25, 0.3) is 11.1 Å². The number of carbonyl (C=O) groups is 4. The molecule has 1 heterocycles. The molecular formula is C30H34ClN3O10. The number of ether oxygens (including phenoxy) is 4. The van der Waals surface area contributed by atoms with Crippen molar-refractivity contribution >= 4 is 35.5 Å². The molecule has 0 spiro atoms. The van der Waals surface area contributed by atoms with Gasteiger partial charge in [-0.05, 0) is 46.3 Å². The number of methoxy groups -OCH3 is 2. The van der Waals surface area contributed by atoms with Gasteiger partial charge in [-0.25, -0.2) is 14.4 Å². The van der Waals surface area contributed by atoms with Crippen LogP contribution in [-0.4, -0.2) is 73.4 Å². The topological polar surface area (TPSA) is 176 Å². The summed E-state index contributed by atoms with van der Waals surface area (Å²) in [6.45, 7) is 2.54. The zero-order valence-electron chi connectivity index (χ0n) is 24.6. The van der Waals surface area contributed by atoms with Gasteiger partial charge in [-0.15, -0.1) is 0 Å². The van der Waals surface area contributed by atoms with Crippen LogP contribution < -0.4 is 15.4 Å². The second-order valence-corrected chi connectivity index (χ2v) is 10.4. The molecular weight excluding hydrogens is 598 g/mol. The minimum atomic E-state index is -1.69. The van der Waals surface area contributed by atoms with Gasteiger partial charge in [0.2, 0.25) is 12.6 Å². The van der Waals surface area contributed by atoms with Gasteiger partial charge in [-0.1, -0.05) is 61.8 Å². The second kappa shape index (κ2) is 16.3. The number of nitrogens with zero attached hydrogens (tertiary/aromatic N) is 1. The molecule has 0 aliphatic carbocycles. The van der Waals surface area contributed by atoms with E-state index in [-0.39, 0.29) is 30.4 Å². The van der Waals surface area contributed by atoms with Crippen molar-refractivity contribution in [3.05, 3.63) is 70.9 Å². The Balaban J connectivity index is 1.65. The SMILES string of the molecule is COC(=O)NC(C(=O)OCOC(=O)C(O)C[C@@H](Cc1ccc(-c2cccc(Cl)c2)cc1)NC(=O)c1cc(OC)no1)C(C)C. The molecule has 1 aromatic heterocycles. The van der Waals surface area contributed by atoms with E-state index in [0.29, 0.717) is 5.02 Å². The summed E-state index contributed by atoms with van der Waals surface area (Å²) in [5.41, 5.74) is 2.64. The monoisotopic (exact) mass is 631 g/mol. The fourth-order valence-corrected chi connectivity index (χ4v) is 4.27. The molecule has 2 unspecified atom stereocenters. The highest BCUT2D eigenvalue weighted by atomic mass is 35.5. The number of carbonyl (C=O) groups excluding carboxylic acids is 4. The summed E-state index contributed by atoms with van der Waals surface area (Å²) >= 11 is 6.11. The number of aromatic nitrogens is 1. The van der Waals surface area contributed by atoms with Crippen LogP contribution in [0.1, 0.15) is 36.4 Å². The number of alkyl carbamates (subject to hydrolysis) is 1. The van der Waals surface area contributed by atoms with Crippen LogP contribution in [0.2, 0.25) is 5.02 Å². The summed E-state index contributed by atoms with van der Waals surface area (Å²) in [5.74, 6) is -2.97. The lowest BCUT2D eigenvalue weighted by atomic mass is 9.97. The van der Waals surface area contributed by atoms with Crippen LogP contribution in [0, 0.1) is 5.92 Å². The Morgan fingerprint density at radius 2 is 1.66 bits per heavy atom. The molecule has 14 heteroatoms. The Labute approximate surface area is 258 Å². The van der Waals surface area contributed by atoms with Crippen LogP contribution in [0.5, 0.6) is 5.88 Å². The smallest absolute Gasteiger partial charge is 0.407 e. The Bertz CT molecular complexity index is 1430. The molecule has 2 amide bonds. The van der Waals surface area contributed by atoms with Gasteiger partial charge in [-0.3, -0.25) is 4.79 Å². The molecule has 0 aliphatic rings. The number of aliphatic hydroxyl groups excluding tert-OH is 1. The number of halogens is 1. The van der Waals surface area contributed by atoms with Crippen molar-refractivity contribution in [2.75, 3.05) is 21.0 Å². The fourth-order valence-electron chi connectivity index (χ4n) is 4.08. The zero-order valence-corrected chi connectivity index (χ0v) is 25.3. The molecule has 0 saturated heterocycles. The second-order valence-electron chi connectivity index (χ2n) is 9.97. The average Bonchev–Trinajstić information content (AvgIpc) is 3.49. The predicted octanol–water partition coefficient (Wildman–Crippen LogP) is 3.52. The van der Waals surface area contributed by atoms with E-state index in [1.165, 1.54) is 13.2 Å². The number of rotatable bonds is 14. The quantitative estimate of drug-likeness (QED) is 0.175. The average molecular weight is 632 g/mol. The molecule has 2 aromatic carbocycles. The van der Waals surface area contributed by atoms with Crippen molar-refractivity contribution in [3.63, 3.8) is 0 Å². The number of benzene rings is 2. The molecule has 0 aliphatic heterocycles. The van der Waals surface area contributed by atoms with E-state index in [0.717, 1.165) is 23.8 Å². The van der Waals surface area contributed by atoms with Gasteiger partial charge in [0.15, 0.2) is 6.10 Å². The predicted molar refractivity (Wildman–Crippen MR) is 157 cm³/mol. The molecule has 0 radical (unpaired) electrons. The van der Waals surface area contributed by atoms with Gasteiger partial charge >= 0.3 is 18.0 Å². The standard InChI is InChI=1S/C30H34ClN3O10/c1-17(2)26(33-30(39)41-4)29(38)43-16-42-28(37)23(35)14-22(32-27(36)24-15-25(40-3)34-44-24)12-18-8-10-19(11-9-18)20-6-5-7-21(31)13-20/h5-11,13,15,17,22-23,26,35H,12,14,16H2,1-4H3,(H,32,36)(H,33,39)/t22-,23?,26?/m1/s1. The lowest BCUT2D eigenvalue weighted by Gasteiger charge is -2.22. The van der Waals surface area contributed by atoms with Gasteiger partial charge in [0.1, 0.15) is 6.04 Å². The highest BCUT2D eigenvalue weighted by Gasteiger charge is 2.28. The molecule has 3 atom stereocenters. The summed E-state index contributed by atoms with van der Waals surface area (Å²) < 4.78 is 24.3. The van der Waals surface area contributed by atoms with Crippen molar-refractivity contribution < 1.29 is 47.8 Å². The van der Waals surface area contributed by atoms with Gasteiger partial charge in [0.05, 0.1) is 20.3 Å². The first-order valence-corrected chi connectivity index (χ1v) is 13.9. The van der Waals surface area contributed by atoms with Gasteiger partial charge in [-0.2, -0.15) is 0 Å². The summed E-state index contributed by atoms with van der Waals surface area (Å²) in [6.07, 6.45) is -2.55. The largest absolute Gasteiger partial charge is 0.479 e. The molecule has 44 heavy (non-hydrogen) atoms. The highest BCUT2D eigenvalue weighted by molar-refractivity contribution is 6.30. The molecule has 0 bridgehead atoms. The van der Waals surface area contributed by atoms with Crippen LogP contribution in [0.15, 0.2) is 59.1 Å². The van der Waals surface area contributed by atoms with Crippen molar-refractivity contribution in [3.8, 4) is 17.0 Å². The lowest BCUT2D eigenvalue weighted by molar-refractivity contribution is -0.175. The fraction of sp³-hybridized carbons (Fsp3) is 0.367. The number of hydrogen-bond donors (Lipinski definition) is 3. The minimum Gasteiger partial charge on any atom is -0.479 e. The summed E-state index contributed by atoms with van der Waals surface area (Å²) in [6, 6.07) is 14.3. The van der Waals surface area contributed by atoms with E-state index < -0.39 is 48.9 Å². The minimum absolute atomic E-state index is 0.1000. The Kier molecular flexibility index (Phi) is 12.5. The molecule has 3 aromatic rings. The van der Waals surface area contributed by atoms with Crippen LogP contribution >= 0.6 is 11.6 Å². The third kappa shape index (κ3) is 9.99. The third-order valence-electron chi connectivity index (χ3n) is 6.41. The number of nitrogens with one attached hydrogen (secondary N) is 2. The zero-order chi connectivity index (χ0) is 32.2. The maximum Gasteiger partial charge on any atom is 0.407 e. The number of aliphatic hydroxyl groups is 1. The molecule has 0 fully saturated rings. The first kappa shape index (κ1) is 33.9. The molecule has 13 nitrogen and oxygen atoms in total. The van der Waals surface area contributed by atoms with Crippen LogP contribution in [0.4, 0.5) is 4.79 Å². The molecule has 236 valence electrons. The lowest BCUT2D eigenvalue weighted by Crippen LogP contribution is -2.45. The Morgan fingerprint density at radius 1 is 0.955 bits per heavy atom. The van der Waals surface area contributed by atoms with Gasteiger partial charge in [0.25, 0.3) is 11.8 Å². The summed E-state index contributed by atoms with van der Waals surface area (Å²) in [7, 11) is 2.52. The van der Waals surface area contributed by atoms with E-state index in [1.807, 2.05) is 42.5 Å². The number of hydrogen-bond acceptors (Lipinski definition) is 11. The first-order valence-electron chi connectivity index (χ1n) is 13.5. The van der Waals surface area contributed by atoms with Crippen molar-refractivity contribution in [2.24, 2.45) is 5.92 Å². The summed E-state index contributed by atoms with van der Waals surface area (Å²) in [4.78, 5) is 49.3. The van der Waals surface area contributed by atoms with Gasteiger partial charge < -0.3 is 39.2 Å². The molecule has 3 rings (SSSR count).